The van der Waals surface area contributed by atoms with E-state index in [-0.39, 0.29) is 23.4 Å². The Labute approximate surface area is 215 Å². The number of halogens is 3. The summed E-state index contributed by atoms with van der Waals surface area (Å²) in [5.74, 6) is 0.472. The standard InChI is InChI=1S/C23H25F3N10S/c1-14-18(3-6-28-21(14)27)35-10-17(30-13-35)20-16(23(24,25)26)9-29-22(33-20)32-15-4-7-36(8-5-15)37-19-11-34(2)12-31-19/h3,6,9-13,15H,4-5,7-8H2,1-2H3,(H2,27,28)(H,29,32,33). The van der Waals surface area contributed by atoms with Crippen LogP contribution in [0.15, 0.2) is 48.5 Å². The van der Waals surface area contributed by atoms with Gasteiger partial charge in [-0.05, 0) is 37.8 Å². The van der Waals surface area contributed by atoms with Crippen LogP contribution in [0.25, 0.3) is 17.1 Å². The minimum Gasteiger partial charge on any atom is -0.383 e. The first-order valence-electron chi connectivity index (χ1n) is 11.5. The van der Waals surface area contributed by atoms with E-state index in [9.17, 15) is 13.2 Å². The highest BCUT2D eigenvalue weighted by molar-refractivity contribution is 7.97. The maximum absolute atomic E-state index is 13.8. The Bertz CT molecular complexity index is 1390. The number of hydrogen-bond donors (Lipinski definition) is 2. The first kappa shape index (κ1) is 25.0. The van der Waals surface area contributed by atoms with Crippen molar-refractivity contribution in [2.45, 2.75) is 37.0 Å². The zero-order chi connectivity index (χ0) is 26.2. The number of imidazole rings is 2. The monoisotopic (exact) mass is 530 g/mol. The zero-order valence-electron chi connectivity index (χ0n) is 20.1. The van der Waals surface area contributed by atoms with Crippen LogP contribution in [-0.4, -0.2) is 57.5 Å². The molecule has 4 aromatic heterocycles. The van der Waals surface area contributed by atoms with Gasteiger partial charge in [0, 0.05) is 56.5 Å². The Morgan fingerprint density at radius 3 is 2.57 bits per heavy atom. The number of pyridine rings is 1. The molecule has 10 nitrogen and oxygen atoms in total. The molecule has 0 aliphatic carbocycles. The van der Waals surface area contributed by atoms with Gasteiger partial charge in [-0.25, -0.2) is 29.2 Å². The van der Waals surface area contributed by atoms with E-state index >= 15 is 0 Å². The molecule has 1 aliphatic rings. The van der Waals surface area contributed by atoms with Crippen LogP contribution >= 0.6 is 11.9 Å². The molecule has 1 saturated heterocycles. The molecule has 5 heterocycles. The van der Waals surface area contributed by atoms with Gasteiger partial charge in [0.25, 0.3) is 0 Å². The molecular weight excluding hydrogens is 505 g/mol. The van der Waals surface area contributed by atoms with Crippen molar-refractivity contribution in [1.29, 1.82) is 0 Å². The number of alkyl halides is 3. The topological polar surface area (TPSA) is 116 Å². The van der Waals surface area contributed by atoms with E-state index in [2.05, 4.69) is 34.5 Å². The third-order valence-corrected chi connectivity index (χ3v) is 7.12. The number of nitrogen functional groups attached to an aromatic ring is 1. The molecule has 37 heavy (non-hydrogen) atoms. The van der Waals surface area contributed by atoms with Crippen LogP contribution in [0.4, 0.5) is 24.9 Å². The second-order valence-corrected chi connectivity index (χ2v) is 9.89. The molecule has 14 heteroatoms. The summed E-state index contributed by atoms with van der Waals surface area (Å²) in [7, 11) is 1.92. The second-order valence-electron chi connectivity index (χ2n) is 8.78. The van der Waals surface area contributed by atoms with E-state index in [4.69, 9.17) is 5.73 Å². The number of hydrogen-bond acceptors (Lipinski definition) is 9. The third kappa shape index (κ3) is 5.54. The summed E-state index contributed by atoms with van der Waals surface area (Å²) in [5.41, 5.74) is 6.09. The lowest BCUT2D eigenvalue weighted by Crippen LogP contribution is -2.36. The van der Waals surface area contributed by atoms with Crippen molar-refractivity contribution >= 4 is 23.7 Å². The van der Waals surface area contributed by atoms with Crippen molar-refractivity contribution in [1.82, 2.24) is 38.4 Å². The lowest BCUT2D eigenvalue weighted by Gasteiger charge is -2.30. The van der Waals surface area contributed by atoms with Crippen molar-refractivity contribution < 1.29 is 13.2 Å². The van der Waals surface area contributed by atoms with Gasteiger partial charge < -0.3 is 20.2 Å². The lowest BCUT2D eigenvalue weighted by atomic mass is 10.1. The van der Waals surface area contributed by atoms with Crippen LogP contribution in [0.3, 0.4) is 0 Å². The molecule has 0 aromatic carbocycles. The molecule has 0 radical (unpaired) electrons. The molecule has 1 fully saturated rings. The average Bonchev–Trinajstić information content (AvgIpc) is 3.51. The highest BCUT2D eigenvalue weighted by atomic mass is 32.2. The largest absolute Gasteiger partial charge is 0.420 e. The summed E-state index contributed by atoms with van der Waals surface area (Å²) in [6, 6.07) is 1.75. The smallest absolute Gasteiger partial charge is 0.383 e. The normalized spacial score (nSPS) is 15.3. The highest BCUT2D eigenvalue weighted by Crippen LogP contribution is 2.36. The molecular formula is C23H25F3N10S. The average molecular weight is 531 g/mol. The maximum Gasteiger partial charge on any atom is 0.420 e. The fourth-order valence-corrected chi connectivity index (χ4v) is 5.06. The number of piperidine rings is 1. The van der Waals surface area contributed by atoms with Gasteiger partial charge in [0.05, 0.1) is 18.3 Å². The third-order valence-electron chi connectivity index (χ3n) is 6.10. The van der Waals surface area contributed by atoms with Gasteiger partial charge in [-0.1, -0.05) is 0 Å². The molecule has 0 bridgehead atoms. The molecule has 3 N–H and O–H groups in total. The summed E-state index contributed by atoms with van der Waals surface area (Å²) in [6.45, 7) is 3.38. The number of nitrogens with two attached hydrogens (primary N) is 1. The first-order chi connectivity index (χ1) is 17.7. The quantitative estimate of drug-likeness (QED) is 0.358. The minimum atomic E-state index is -4.64. The summed E-state index contributed by atoms with van der Waals surface area (Å²) in [6.07, 6.45) is 5.93. The molecule has 0 unspecified atom stereocenters. The molecule has 0 spiro atoms. The van der Waals surface area contributed by atoms with Gasteiger partial charge >= 0.3 is 6.18 Å². The van der Waals surface area contributed by atoms with Gasteiger partial charge in [-0.3, -0.25) is 0 Å². The van der Waals surface area contributed by atoms with Crippen LogP contribution in [-0.2, 0) is 13.2 Å². The minimum absolute atomic E-state index is 0.0326. The van der Waals surface area contributed by atoms with Crippen molar-refractivity contribution in [3.05, 3.63) is 54.6 Å². The summed E-state index contributed by atoms with van der Waals surface area (Å²) in [4.78, 5) is 20.8. The van der Waals surface area contributed by atoms with E-state index in [0.29, 0.717) is 17.1 Å². The molecule has 5 rings (SSSR count). The Morgan fingerprint density at radius 2 is 1.86 bits per heavy atom. The predicted molar refractivity (Wildman–Crippen MR) is 134 cm³/mol. The van der Waals surface area contributed by atoms with Crippen LogP contribution in [0.1, 0.15) is 24.0 Å². The molecule has 4 aromatic rings. The van der Waals surface area contributed by atoms with E-state index in [1.165, 1.54) is 18.7 Å². The Morgan fingerprint density at radius 1 is 1.08 bits per heavy atom. The van der Waals surface area contributed by atoms with Crippen LogP contribution in [0.5, 0.6) is 0 Å². The fourth-order valence-electron chi connectivity index (χ4n) is 4.09. The zero-order valence-corrected chi connectivity index (χ0v) is 21.0. The SMILES string of the molecule is Cc1c(-n2cnc(-c3nc(NC4CCN(Sc5cn(C)cn5)CC4)ncc3C(F)(F)F)c2)ccnc1N. The Balaban J connectivity index is 1.34. The van der Waals surface area contributed by atoms with E-state index < -0.39 is 11.7 Å². The van der Waals surface area contributed by atoms with Crippen molar-refractivity contribution in [2.24, 2.45) is 7.05 Å². The molecule has 0 atom stereocenters. The molecule has 0 amide bonds. The fraction of sp³-hybridized carbons (Fsp3) is 0.348. The van der Waals surface area contributed by atoms with Gasteiger partial charge in [0.1, 0.15) is 27.8 Å². The number of nitrogens with zero attached hydrogens (tertiary/aromatic N) is 8. The summed E-state index contributed by atoms with van der Waals surface area (Å²) < 4.78 is 47.2. The number of aromatic nitrogens is 7. The van der Waals surface area contributed by atoms with E-state index in [0.717, 1.165) is 37.2 Å². The first-order valence-corrected chi connectivity index (χ1v) is 12.3. The van der Waals surface area contributed by atoms with Crippen molar-refractivity contribution in [2.75, 3.05) is 24.1 Å². The molecule has 194 valence electrons. The van der Waals surface area contributed by atoms with Gasteiger partial charge in [-0.2, -0.15) is 13.2 Å². The van der Waals surface area contributed by atoms with Gasteiger partial charge in [0.15, 0.2) is 0 Å². The van der Waals surface area contributed by atoms with Crippen LogP contribution < -0.4 is 11.1 Å². The number of anilines is 2. The molecule has 0 saturated carbocycles. The molecule has 1 aliphatic heterocycles. The van der Waals surface area contributed by atoms with Crippen molar-refractivity contribution in [3.8, 4) is 17.1 Å². The second kappa shape index (κ2) is 10.0. The summed E-state index contributed by atoms with van der Waals surface area (Å²) in [5, 5.41) is 4.13. The summed E-state index contributed by atoms with van der Waals surface area (Å²) >= 11 is 1.60. The van der Waals surface area contributed by atoms with Crippen molar-refractivity contribution in [3.63, 3.8) is 0 Å². The van der Waals surface area contributed by atoms with Gasteiger partial charge in [0.2, 0.25) is 5.95 Å². The Hall–Kier alpha value is -3.65. The van der Waals surface area contributed by atoms with Gasteiger partial charge in [-0.15, -0.1) is 0 Å². The lowest BCUT2D eigenvalue weighted by molar-refractivity contribution is -0.137. The Kier molecular flexibility index (Phi) is 6.77. The van der Waals surface area contributed by atoms with Crippen LogP contribution in [0, 0.1) is 6.92 Å². The number of nitrogens with one attached hydrogen (secondary N) is 1. The maximum atomic E-state index is 13.8. The van der Waals surface area contributed by atoms with Crippen LogP contribution in [0.2, 0.25) is 0 Å². The highest BCUT2D eigenvalue weighted by Gasteiger charge is 2.36. The van der Waals surface area contributed by atoms with E-state index in [1.807, 2.05) is 17.8 Å². The van der Waals surface area contributed by atoms with E-state index in [1.54, 1.807) is 35.8 Å². The number of rotatable bonds is 6. The number of aryl methyl sites for hydroxylation is 1. The predicted octanol–water partition coefficient (Wildman–Crippen LogP) is 3.95.